The molecule has 0 atom stereocenters. The van der Waals surface area contributed by atoms with Crippen LogP contribution >= 0.6 is 0 Å². The Balaban J connectivity index is 2.26. The lowest BCUT2D eigenvalue weighted by Crippen LogP contribution is -2.24. The van der Waals surface area contributed by atoms with E-state index in [0.717, 1.165) is 32.5 Å². The van der Waals surface area contributed by atoms with Gasteiger partial charge in [0.05, 0.1) is 19.7 Å². The van der Waals surface area contributed by atoms with Gasteiger partial charge >= 0.3 is 6.18 Å². The van der Waals surface area contributed by atoms with Crippen LogP contribution < -0.4 is 14.8 Å². The lowest BCUT2D eigenvalue weighted by atomic mass is 10.2. The number of hydrogen-bond donors (Lipinski definition) is 1. The van der Waals surface area contributed by atoms with Crippen LogP contribution in [0.25, 0.3) is 10.9 Å². The molecule has 2 aromatic rings. The third kappa shape index (κ3) is 5.37. The van der Waals surface area contributed by atoms with Crippen molar-refractivity contribution >= 4 is 16.7 Å². The molecule has 1 heterocycles. The highest BCUT2D eigenvalue weighted by molar-refractivity contribution is 5.91. The number of unbranched alkanes of at least 4 members (excludes halogenated alkanes) is 1. The lowest BCUT2D eigenvalue weighted by Gasteiger charge is -2.18. The topological polar surface area (TPSA) is 59.5 Å². The first kappa shape index (κ1) is 22.0. The van der Waals surface area contributed by atoms with Gasteiger partial charge in [-0.25, -0.2) is 9.97 Å². The summed E-state index contributed by atoms with van der Waals surface area (Å²) in [4.78, 5) is 9.68. The van der Waals surface area contributed by atoms with Crippen molar-refractivity contribution < 1.29 is 22.6 Å². The minimum atomic E-state index is -4.64. The van der Waals surface area contributed by atoms with Crippen LogP contribution in [-0.4, -0.2) is 55.3 Å². The molecule has 1 aromatic carbocycles. The summed E-state index contributed by atoms with van der Waals surface area (Å²) >= 11 is 0. The zero-order valence-corrected chi connectivity index (χ0v) is 16.7. The standard InChI is InChI=1S/C19H27F3N4O2/c1-5-26(6-2)10-8-7-9-23-17-13-11-15(27-3)16(28-4)12-14(13)24-18(25-17)19(20,21)22/h11-12H,5-10H2,1-4H3,(H,23,24,25). The molecule has 0 radical (unpaired) electrons. The second kappa shape index (κ2) is 9.77. The van der Waals surface area contributed by atoms with Crippen LogP contribution in [0.15, 0.2) is 12.1 Å². The third-order valence-corrected chi connectivity index (χ3v) is 4.54. The predicted octanol–water partition coefficient (Wildman–Crippen LogP) is 4.20. The van der Waals surface area contributed by atoms with Crippen LogP contribution in [0.2, 0.25) is 0 Å². The van der Waals surface area contributed by atoms with Crippen molar-refractivity contribution in [3.05, 3.63) is 18.0 Å². The van der Waals surface area contributed by atoms with E-state index in [0.29, 0.717) is 23.4 Å². The van der Waals surface area contributed by atoms with E-state index < -0.39 is 12.0 Å². The molecule has 0 saturated heterocycles. The lowest BCUT2D eigenvalue weighted by molar-refractivity contribution is -0.144. The summed E-state index contributed by atoms with van der Waals surface area (Å²) in [5.74, 6) is -0.325. The van der Waals surface area contributed by atoms with Crippen molar-refractivity contribution in [2.45, 2.75) is 32.9 Å². The number of alkyl halides is 3. The Hall–Kier alpha value is -2.29. The number of rotatable bonds is 10. The Labute approximate surface area is 163 Å². The molecule has 1 N–H and O–H groups in total. The van der Waals surface area contributed by atoms with Gasteiger partial charge in [-0.1, -0.05) is 13.8 Å². The smallest absolute Gasteiger partial charge is 0.451 e. The highest BCUT2D eigenvalue weighted by atomic mass is 19.4. The van der Waals surface area contributed by atoms with E-state index in [9.17, 15) is 13.2 Å². The molecule has 2 rings (SSSR count). The molecule has 6 nitrogen and oxygen atoms in total. The molecule has 156 valence electrons. The fourth-order valence-electron chi connectivity index (χ4n) is 2.92. The molecule has 9 heteroatoms. The van der Waals surface area contributed by atoms with Gasteiger partial charge in [-0.2, -0.15) is 13.2 Å². The molecule has 0 amide bonds. The Morgan fingerprint density at radius 3 is 2.21 bits per heavy atom. The normalized spacial score (nSPS) is 11.9. The molecule has 1 aromatic heterocycles. The maximum Gasteiger partial charge on any atom is 0.451 e. The highest BCUT2D eigenvalue weighted by Crippen LogP contribution is 2.36. The SMILES string of the molecule is CCN(CC)CCCCNc1nc(C(F)(F)F)nc2cc(OC)c(OC)cc12. The number of methoxy groups -OCH3 is 2. The van der Waals surface area contributed by atoms with Crippen LogP contribution in [0.1, 0.15) is 32.5 Å². The first-order valence-electron chi connectivity index (χ1n) is 9.31. The number of fused-ring (bicyclic) bond motifs is 1. The summed E-state index contributed by atoms with van der Waals surface area (Å²) < 4.78 is 50.1. The molecule has 0 aliphatic carbocycles. The fourth-order valence-corrected chi connectivity index (χ4v) is 2.92. The number of anilines is 1. The number of halogens is 3. The second-order valence-electron chi connectivity index (χ2n) is 6.28. The van der Waals surface area contributed by atoms with Gasteiger partial charge in [0.15, 0.2) is 11.5 Å². The molecular formula is C19H27F3N4O2. The van der Waals surface area contributed by atoms with Gasteiger partial charge < -0.3 is 19.7 Å². The molecule has 0 fully saturated rings. The van der Waals surface area contributed by atoms with Crippen molar-refractivity contribution in [2.24, 2.45) is 0 Å². The molecule has 0 aliphatic heterocycles. The van der Waals surface area contributed by atoms with Crippen molar-refractivity contribution in [3.63, 3.8) is 0 Å². The van der Waals surface area contributed by atoms with Crippen molar-refractivity contribution in [1.82, 2.24) is 14.9 Å². The zero-order valence-electron chi connectivity index (χ0n) is 16.7. The Kier molecular flexibility index (Phi) is 7.68. The second-order valence-corrected chi connectivity index (χ2v) is 6.28. The van der Waals surface area contributed by atoms with Crippen LogP contribution in [0, 0.1) is 0 Å². The highest BCUT2D eigenvalue weighted by Gasteiger charge is 2.35. The van der Waals surface area contributed by atoms with Crippen molar-refractivity contribution in [1.29, 1.82) is 0 Å². The minimum Gasteiger partial charge on any atom is -0.493 e. The van der Waals surface area contributed by atoms with E-state index in [1.807, 2.05) is 0 Å². The van der Waals surface area contributed by atoms with E-state index >= 15 is 0 Å². The first-order valence-corrected chi connectivity index (χ1v) is 9.31. The van der Waals surface area contributed by atoms with Crippen molar-refractivity contribution in [2.75, 3.05) is 45.7 Å². The van der Waals surface area contributed by atoms with Gasteiger partial charge in [0.2, 0.25) is 5.82 Å². The summed E-state index contributed by atoms with van der Waals surface area (Å²) in [6.45, 7) is 7.65. The summed E-state index contributed by atoms with van der Waals surface area (Å²) in [6, 6.07) is 3.02. The van der Waals surface area contributed by atoms with Gasteiger partial charge in [-0.3, -0.25) is 0 Å². The number of hydrogen-bond acceptors (Lipinski definition) is 6. The number of benzene rings is 1. The van der Waals surface area contributed by atoms with E-state index in [1.165, 1.54) is 20.3 Å². The average Bonchev–Trinajstić information content (AvgIpc) is 2.68. The van der Waals surface area contributed by atoms with Gasteiger partial charge in [-0.05, 0) is 38.5 Å². The monoisotopic (exact) mass is 400 g/mol. The van der Waals surface area contributed by atoms with E-state index in [-0.39, 0.29) is 11.3 Å². The number of ether oxygens (including phenoxy) is 2. The first-order chi connectivity index (χ1) is 13.3. The maximum atomic E-state index is 13.2. The number of nitrogens with zero attached hydrogens (tertiary/aromatic N) is 3. The molecule has 0 unspecified atom stereocenters. The van der Waals surface area contributed by atoms with E-state index in [2.05, 4.69) is 34.0 Å². The largest absolute Gasteiger partial charge is 0.493 e. The minimum absolute atomic E-state index is 0.140. The van der Waals surface area contributed by atoms with Gasteiger partial charge in [0.25, 0.3) is 0 Å². The van der Waals surface area contributed by atoms with Crippen LogP contribution in [-0.2, 0) is 6.18 Å². The summed E-state index contributed by atoms with van der Waals surface area (Å²) in [5, 5.41) is 3.49. The van der Waals surface area contributed by atoms with E-state index in [4.69, 9.17) is 9.47 Å². The Morgan fingerprint density at radius 2 is 1.64 bits per heavy atom. The van der Waals surface area contributed by atoms with Gasteiger partial charge in [0.1, 0.15) is 5.82 Å². The third-order valence-electron chi connectivity index (χ3n) is 4.54. The van der Waals surface area contributed by atoms with Gasteiger partial charge in [0, 0.05) is 18.0 Å². The van der Waals surface area contributed by atoms with Crippen molar-refractivity contribution in [3.8, 4) is 11.5 Å². The number of aromatic nitrogens is 2. The predicted molar refractivity (Wildman–Crippen MR) is 103 cm³/mol. The fraction of sp³-hybridized carbons (Fsp3) is 0.579. The molecule has 28 heavy (non-hydrogen) atoms. The molecule has 0 saturated carbocycles. The Bertz CT molecular complexity index is 780. The number of nitrogens with one attached hydrogen (secondary N) is 1. The van der Waals surface area contributed by atoms with Crippen LogP contribution in [0.4, 0.5) is 19.0 Å². The molecule has 0 aliphatic rings. The van der Waals surface area contributed by atoms with E-state index in [1.54, 1.807) is 6.07 Å². The summed E-state index contributed by atoms with van der Waals surface area (Å²) in [6.07, 6.45) is -2.88. The molecule has 0 spiro atoms. The maximum absolute atomic E-state index is 13.2. The average molecular weight is 400 g/mol. The zero-order chi connectivity index (χ0) is 20.7. The van der Waals surface area contributed by atoms with Gasteiger partial charge in [-0.15, -0.1) is 0 Å². The Morgan fingerprint density at radius 1 is 1.00 bits per heavy atom. The van der Waals surface area contributed by atoms with Crippen LogP contribution in [0.3, 0.4) is 0 Å². The summed E-state index contributed by atoms with van der Waals surface area (Å²) in [5.41, 5.74) is 0.144. The molecular weight excluding hydrogens is 373 g/mol. The quantitative estimate of drug-likeness (QED) is 0.603. The summed E-state index contributed by atoms with van der Waals surface area (Å²) in [7, 11) is 2.89. The molecule has 0 bridgehead atoms. The van der Waals surface area contributed by atoms with Crippen LogP contribution in [0.5, 0.6) is 11.5 Å².